The largest absolute Gasteiger partial charge is 0.348 e. The molecule has 0 saturated carbocycles. The molecule has 156 valence electrons. The monoisotopic (exact) mass is 414 g/mol. The maximum atomic E-state index is 12.0. The standard InChI is InChI=1S/C23H30N2O3S/c1-17(2)22-12-9-19(10-13-22)11-14-23(26)24-15-20-5-7-21(8-6-20)16-29(27,28)25-18(3)4/h5-14,17-18,25H,15-16H2,1-4H3,(H,24,26)/b14-11+. The number of sulfonamides is 1. The van der Waals surface area contributed by atoms with Crippen LogP contribution in [0.5, 0.6) is 0 Å². The molecule has 0 saturated heterocycles. The second-order valence-electron chi connectivity index (χ2n) is 7.72. The highest BCUT2D eigenvalue weighted by Crippen LogP contribution is 2.15. The Labute approximate surface area is 174 Å². The second kappa shape index (κ2) is 10.4. The number of hydrogen-bond acceptors (Lipinski definition) is 3. The van der Waals surface area contributed by atoms with Crippen molar-refractivity contribution in [3.63, 3.8) is 0 Å². The molecular formula is C23H30N2O3S. The molecular weight excluding hydrogens is 384 g/mol. The predicted octanol–water partition coefficient (Wildman–Crippen LogP) is 3.97. The Kier molecular flexibility index (Phi) is 8.17. The molecule has 2 aromatic rings. The number of nitrogens with one attached hydrogen (secondary N) is 2. The number of carbonyl (C=O) groups excluding carboxylic acids is 1. The van der Waals surface area contributed by atoms with E-state index in [-0.39, 0.29) is 17.7 Å². The highest BCUT2D eigenvalue weighted by atomic mass is 32.2. The zero-order valence-electron chi connectivity index (χ0n) is 17.5. The first kappa shape index (κ1) is 22.8. The maximum Gasteiger partial charge on any atom is 0.244 e. The summed E-state index contributed by atoms with van der Waals surface area (Å²) in [6.45, 7) is 8.25. The van der Waals surface area contributed by atoms with Crippen molar-refractivity contribution in [1.82, 2.24) is 10.0 Å². The van der Waals surface area contributed by atoms with Crippen LogP contribution in [0.3, 0.4) is 0 Å². The topological polar surface area (TPSA) is 75.3 Å². The van der Waals surface area contributed by atoms with Crippen LogP contribution in [0.1, 0.15) is 55.9 Å². The van der Waals surface area contributed by atoms with Crippen LogP contribution in [0.25, 0.3) is 6.08 Å². The van der Waals surface area contributed by atoms with Crippen LogP contribution in [0.4, 0.5) is 0 Å². The van der Waals surface area contributed by atoms with Crippen LogP contribution in [0, 0.1) is 0 Å². The molecule has 0 aliphatic heterocycles. The van der Waals surface area contributed by atoms with Crippen molar-refractivity contribution >= 4 is 22.0 Å². The van der Waals surface area contributed by atoms with E-state index in [0.717, 1.165) is 11.1 Å². The van der Waals surface area contributed by atoms with E-state index in [1.807, 2.05) is 24.3 Å². The van der Waals surface area contributed by atoms with Gasteiger partial charge in [0.2, 0.25) is 15.9 Å². The molecule has 1 amide bonds. The van der Waals surface area contributed by atoms with Crippen molar-refractivity contribution in [2.45, 2.75) is 52.0 Å². The van der Waals surface area contributed by atoms with E-state index < -0.39 is 10.0 Å². The van der Waals surface area contributed by atoms with Crippen LogP contribution in [0.15, 0.2) is 54.6 Å². The number of benzene rings is 2. The van der Waals surface area contributed by atoms with Gasteiger partial charge in [0, 0.05) is 18.7 Å². The summed E-state index contributed by atoms with van der Waals surface area (Å²) < 4.78 is 26.5. The molecule has 0 fully saturated rings. The lowest BCUT2D eigenvalue weighted by molar-refractivity contribution is -0.116. The summed E-state index contributed by atoms with van der Waals surface area (Å²) in [4.78, 5) is 12.0. The van der Waals surface area contributed by atoms with E-state index in [1.54, 1.807) is 32.1 Å². The summed E-state index contributed by atoms with van der Waals surface area (Å²) in [7, 11) is -3.34. The van der Waals surface area contributed by atoms with E-state index >= 15 is 0 Å². The van der Waals surface area contributed by atoms with Crippen LogP contribution in [0.2, 0.25) is 0 Å². The van der Waals surface area contributed by atoms with Crippen molar-refractivity contribution in [1.29, 1.82) is 0 Å². The Hall–Kier alpha value is -2.44. The number of rotatable bonds is 9. The SMILES string of the molecule is CC(C)NS(=O)(=O)Cc1ccc(CNC(=O)/C=C/c2ccc(C(C)C)cc2)cc1. The van der Waals surface area contributed by atoms with Crippen LogP contribution < -0.4 is 10.0 Å². The lowest BCUT2D eigenvalue weighted by Crippen LogP contribution is -2.31. The molecule has 0 heterocycles. The molecule has 6 heteroatoms. The smallest absolute Gasteiger partial charge is 0.244 e. The third-order valence-corrected chi connectivity index (χ3v) is 5.84. The first-order valence-electron chi connectivity index (χ1n) is 9.78. The van der Waals surface area contributed by atoms with Crippen LogP contribution in [-0.4, -0.2) is 20.4 Å². The van der Waals surface area contributed by atoms with Crippen molar-refractivity contribution in [3.8, 4) is 0 Å². The normalized spacial score (nSPS) is 12.1. The summed E-state index contributed by atoms with van der Waals surface area (Å²) in [6.07, 6.45) is 3.30. The first-order chi connectivity index (χ1) is 13.6. The summed E-state index contributed by atoms with van der Waals surface area (Å²) >= 11 is 0. The van der Waals surface area contributed by atoms with Gasteiger partial charge in [-0.1, -0.05) is 62.4 Å². The molecule has 0 bridgehead atoms. The molecule has 0 aliphatic rings. The molecule has 0 spiro atoms. The van der Waals surface area contributed by atoms with Gasteiger partial charge in [-0.05, 0) is 48.1 Å². The van der Waals surface area contributed by atoms with E-state index in [4.69, 9.17) is 0 Å². The Morgan fingerprint density at radius 3 is 2.07 bits per heavy atom. The van der Waals surface area contributed by atoms with Crippen LogP contribution in [-0.2, 0) is 27.1 Å². The Bertz CT molecular complexity index is 929. The third kappa shape index (κ3) is 8.21. The van der Waals surface area contributed by atoms with Crippen molar-refractivity contribution in [3.05, 3.63) is 76.9 Å². The van der Waals surface area contributed by atoms with Gasteiger partial charge in [-0.2, -0.15) is 0 Å². The minimum atomic E-state index is -3.34. The van der Waals surface area contributed by atoms with Gasteiger partial charge >= 0.3 is 0 Å². The molecule has 2 rings (SSSR count). The van der Waals surface area contributed by atoms with Gasteiger partial charge in [0.15, 0.2) is 0 Å². The van der Waals surface area contributed by atoms with E-state index in [1.165, 1.54) is 11.6 Å². The molecule has 0 aliphatic carbocycles. The second-order valence-corrected chi connectivity index (χ2v) is 9.47. The maximum absolute atomic E-state index is 12.0. The number of hydrogen-bond donors (Lipinski definition) is 2. The zero-order valence-corrected chi connectivity index (χ0v) is 18.3. The fourth-order valence-corrected chi connectivity index (χ4v) is 4.22. The molecule has 29 heavy (non-hydrogen) atoms. The zero-order chi connectivity index (χ0) is 21.4. The number of carbonyl (C=O) groups is 1. The fraction of sp³-hybridized carbons (Fsp3) is 0.348. The summed E-state index contributed by atoms with van der Waals surface area (Å²) in [6, 6.07) is 15.2. The number of amides is 1. The van der Waals surface area contributed by atoms with Gasteiger partial charge in [0.05, 0.1) is 5.75 Å². The van der Waals surface area contributed by atoms with Gasteiger partial charge < -0.3 is 5.32 Å². The Balaban J connectivity index is 1.85. The van der Waals surface area contributed by atoms with Gasteiger partial charge in [-0.3, -0.25) is 4.79 Å². The molecule has 0 unspecified atom stereocenters. The average molecular weight is 415 g/mol. The summed E-state index contributed by atoms with van der Waals surface area (Å²) in [5.41, 5.74) is 3.86. The molecule has 2 aromatic carbocycles. The molecule has 0 aromatic heterocycles. The van der Waals surface area contributed by atoms with Gasteiger partial charge in [0.1, 0.15) is 0 Å². The molecule has 5 nitrogen and oxygen atoms in total. The fourth-order valence-electron chi connectivity index (χ4n) is 2.79. The quantitative estimate of drug-likeness (QED) is 0.610. The van der Waals surface area contributed by atoms with E-state index in [2.05, 4.69) is 36.0 Å². The minimum Gasteiger partial charge on any atom is -0.348 e. The van der Waals surface area contributed by atoms with Crippen molar-refractivity contribution in [2.24, 2.45) is 0 Å². The minimum absolute atomic E-state index is 0.0594. The van der Waals surface area contributed by atoms with Gasteiger partial charge in [0.25, 0.3) is 0 Å². The molecule has 0 atom stereocenters. The Morgan fingerprint density at radius 2 is 1.52 bits per heavy atom. The summed E-state index contributed by atoms with van der Waals surface area (Å²) in [5.74, 6) is 0.246. The van der Waals surface area contributed by atoms with E-state index in [0.29, 0.717) is 18.0 Å². The molecule has 0 radical (unpaired) electrons. The first-order valence-corrected chi connectivity index (χ1v) is 11.4. The molecule has 2 N–H and O–H groups in total. The Morgan fingerprint density at radius 1 is 0.931 bits per heavy atom. The van der Waals surface area contributed by atoms with Crippen molar-refractivity contribution in [2.75, 3.05) is 0 Å². The lowest BCUT2D eigenvalue weighted by Gasteiger charge is -2.10. The third-order valence-electron chi connectivity index (χ3n) is 4.29. The highest BCUT2D eigenvalue weighted by molar-refractivity contribution is 7.88. The van der Waals surface area contributed by atoms with E-state index in [9.17, 15) is 13.2 Å². The predicted molar refractivity (Wildman–Crippen MR) is 119 cm³/mol. The van der Waals surface area contributed by atoms with Crippen LogP contribution >= 0.6 is 0 Å². The van der Waals surface area contributed by atoms with Crippen molar-refractivity contribution < 1.29 is 13.2 Å². The highest BCUT2D eigenvalue weighted by Gasteiger charge is 2.12. The average Bonchev–Trinajstić information content (AvgIpc) is 2.64. The summed E-state index contributed by atoms with van der Waals surface area (Å²) in [5, 5.41) is 2.84. The van der Waals surface area contributed by atoms with Gasteiger partial charge in [-0.25, -0.2) is 13.1 Å². The lowest BCUT2D eigenvalue weighted by atomic mass is 10.0. The van der Waals surface area contributed by atoms with Gasteiger partial charge in [-0.15, -0.1) is 0 Å².